The van der Waals surface area contributed by atoms with E-state index in [0.717, 1.165) is 19.0 Å². The van der Waals surface area contributed by atoms with Gasteiger partial charge < -0.3 is 10.2 Å². The van der Waals surface area contributed by atoms with Crippen LogP contribution in [0.5, 0.6) is 0 Å². The van der Waals surface area contributed by atoms with Crippen LogP contribution in [0.1, 0.15) is 59.8 Å². The van der Waals surface area contributed by atoms with Gasteiger partial charge in [0.1, 0.15) is 0 Å². The van der Waals surface area contributed by atoms with Crippen LogP contribution in [0, 0.1) is 11.3 Å². The maximum absolute atomic E-state index is 3.71. The molecular formula is C16H34N2. The maximum atomic E-state index is 3.71. The zero-order valence-electron chi connectivity index (χ0n) is 13.5. The van der Waals surface area contributed by atoms with Gasteiger partial charge in [-0.1, -0.05) is 40.5 Å². The summed E-state index contributed by atoms with van der Waals surface area (Å²) in [5.74, 6) is 0.880. The highest BCUT2D eigenvalue weighted by Crippen LogP contribution is 2.35. The van der Waals surface area contributed by atoms with Crippen molar-refractivity contribution in [3.05, 3.63) is 0 Å². The van der Waals surface area contributed by atoms with Gasteiger partial charge in [-0.3, -0.25) is 0 Å². The van der Waals surface area contributed by atoms with Crippen LogP contribution in [0.4, 0.5) is 0 Å². The highest BCUT2D eigenvalue weighted by molar-refractivity contribution is 4.94. The number of nitrogens with zero attached hydrogens (tertiary/aromatic N) is 1. The minimum absolute atomic E-state index is 0.398. The highest BCUT2D eigenvalue weighted by Gasteiger charge is 2.36. The third-order valence-corrected chi connectivity index (χ3v) is 4.52. The third-order valence-electron chi connectivity index (χ3n) is 4.52. The summed E-state index contributed by atoms with van der Waals surface area (Å²) in [6.45, 7) is 11.7. The summed E-state index contributed by atoms with van der Waals surface area (Å²) in [5.41, 5.74) is 0.841. The minimum Gasteiger partial charge on any atom is -0.315 e. The Morgan fingerprint density at radius 2 is 1.94 bits per heavy atom. The van der Waals surface area contributed by atoms with Crippen molar-refractivity contribution >= 4 is 0 Å². The normalized spacial score (nSPS) is 29.8. The Bertz CT molecular complexity index is 242. The van der Waals surface area contributed by atoms with Gasteiger partial charge in [0.15, 0.2) is 0 Å². The number of hydrogen-bond donors (Lipinski definition) is 1. The lowest BCUT2D eigenvalue weighted by atomic mass is 9.75. The quantitative estimate of drug-likeness (QED) is 0.755. The molecule has 0 aromatic heterocycles. The molecule has 2 nitrogen and oxygen atoms in total. The van der Waals surface area contributed by atoms with E-state index in [0.29, 0.717) is 11.0 Å². The molecule has 0 spiro atoms. The molecule has 2 atom stereocenters. The van der Waals surface area contributed by atoms with Crippen molar-refractivity contribution < 1.29 is 0 Å². The molecule has 0 aromatic carbocycles. The molecule has 1 aliphatic rings. The smallest absolute Gasteiger partial charge is 0.0330 e. The van der Waals surface area contributed by atoms with E-state index in [-0.39, 0.29) is 0 Å². The summed E-state index contributed by atoms with van der Waals surface area (Å²) in [4.78, 5) is 2.47. The van der Waals surface area contributed by atoms with Gasteiger partial charge in [-0.05, 0) is 51.2 Å². The predicted octanol–water partition coefficient (Wildman–Crippen LogP) is 3.52. The van der Waals surface area contributed by atoms with Gasteiger partial charge in [0.25, 0.3) is 0 Å². The number of nitrogens with one attached hydrogen (secondary N) is 1. The molecule has 18 heavy (non-hydrogen) atoms. The van der Waals surface area contributed by atoms with Crippen LogP contribution in [0.3, 0.4) is 0 Å². The summed E-state index contributed by atoms with van der Waals surface area (Å²) < 4.78 is 0. The van der Waals surface area contributed by atoms with Gasteiger partial charge in [-0.15, -0.1) is 0 Å². The van der Waals surface area contributed by atoms with E-state index >= 15 is 0 Å². The molecule has 0 aliphatic heterocycles. The Hall–Kier alpha value is -0.0800. The average molecular weight is 254 g/mol. The van der Waals surface area contributed by atoms with E-state index < -0.39 is 0 Å². The second-order valence-corrected chi connectivity index (χ2v) is 7.81. The molecule has 0 radical (unpaired) electrons. The second kappa shape index (κ2) is 6.38. The molecule has 0 amide bonds. The van der Waals surface area contributed by atoms with E-state index in [9.17, 15) is 0 Å². The lowest BCUT2D eigenvalue weighted by Gasteiger charge is -2.45. The first kappa shape index (κ1) is 16.0. The van der Waals surface area contributed by atoms with Crippen LogP contribution in [-0.2, 0) is 0 Å². The maximum Gasteiger partial charge on any atom is 0.0330 e. The highest BCUT2D eigenvalue weighted by atomic mass is 15.2. The molecule has 1 aliphatic carbocycles. The molecule has 2 unspecified atom stereocenters. The van der Waals surface area contributed by atoms with Gasteiger partial charge in [-0.2, -0.15) is 0 Å². The fourth-order valence-electron chi connectivity index (χ4n) is 3.14. The topological polar surface area (TPSA) is 15.3 Å². The van der Waals surface area contributed by atoms with Gasteiger partial charge in [0, 0.05) is 12.1 Å². The van der Waals surface area contributed by atoms with Crippen molar-refractivity contribution in [3.63, 3.8) is 0 Å². The fraction of sp³-hybridized carbons (Fsp3) is 1.00. The largest absolute Gasteiger partial charge is 0.315 e. The molecule has 0 aromatic rings. The molecular weight excluding hydrogens is 220 g/mol. The summed E-state index contributed by atoms with van der Waals surface area (Å²) in [6, 6.07) is 0. The van der Waals surface area contributed by atoms with Crippen LogP contribution < -0.4 is 5.32 Å². The molecule has 0 bridgehead atoms. The Labute approximate surface area is 115 Å². The molecule has 1 rings (SSSR count). The zero-order valence-corrected chi connectivity index (χ0v) is 13.5. The molecule has 0 saturated heterocycles. The van der Waals surface area contributed by atoms with E-state index in [1.165, 1.54) is 32.1 Å². The molecule has 2 heteroatoms. The summed E-state index contributed by atoms with van der Waals surface area (Å²) >= 11 is 0. The van der Waals surface area contributed by atoms with Crippen LogP contribution in [-0.4, -0.2) is 37.6 Å². The van der Waals surface area contributed by atoms with Crippen LogP contribution in [0.2, 0.25) is 0 Å². The monoisotopic (exact) mass is 254 g/mol. The second-order valence-electron chi connectivity index (χ2n) is 7.81. The number of rotatable bonds is 5. The Balaban J connectivity index is 2.43. The molecule has 1 N–H and O–H groups in total. The summed E-state index contributed by atoms with van der Waals surface area (Å²) in [6.07, 6.45) is 6.76. The fourth-order valence-corrected chi connectivity index (χ4v) is 3.14. The van der Waals surface area contributed by atoms with Crippen molar-refractivity contribution in [2.45, 2.75) is 65.3 Å². The standard InChI is InChI=1S/C16H34N2/c1-14-8-7-9-16(12-14,18(5)6)13-17-11-10-15(2,3)4/h14,17H,7-13H2,1-6H3. The number of hydrogen-bond acceptors (Lipinski definition) is 2. The lowest BCUT2D eigenvalue weighted by Crippen LogP contribution is -2.54. The van der Waals surface area contributed by atoms with Crippen LogP contribution in [0.25, 0.3) is 0 Å². The Morgan fingerprint density at radius 1 is 1.28 bits per heavy atom. The molecule has 0 heterocycles. The van der Waals surface area contributed by atoms with Crippen molar-refractivity contribution in [3.8, 4) is 0 Å². The van der Waals surface area contributed by atoms with E-state index in [4.69, 9.17) is 0 Å². The van der Waals surface area contributed by atoms with E-state index in [2.05, 4.69) is 52.0 Å². The van der Waals surface area contributed by atoms with Crippen LogP contribution >= 0.6 is 0 Å². The van der Waals surface area contributed by atoms with E-state index in [1.807, 2.05) is 0 Å². The van der Waals surface area contributed by atoms with Gasteiger partial charge in [-0.25, -0.2) is 0 Å². The van der Waals surface area contributed by atoms with Gasteiger partial charge >= 0.3 is 0 Å². The van der Waals surface area contributed by atoms with Crippen molar-refractivity contribution in [1.29, 1.82) is 0 Å². The van der Waals surface area contributed by atoms with Gasteiger partial charge in [0.2, 0.25) is 0 Å². The Kier molecular flexibility index (Phi) is 5.67. The first-order valence-corrected chi connectivity index (χ1v) is 7.63. The number of likely N-dealkylation sites (N-methyl/N-ethyl adjacent to an activating group) is 1. The van der Waals surface area contributed by atoms with Crippen molar-refractivity contribution in [2.24, 2.45) is 11.3 Å². The predicted molar refractivity (Wildman–Crippen MR) is 81.0 cm³/mol. The first-order chi connectivity index (χ1) is 8.25. The molecule has 1 fully saturated rings. The molecule has 1 saturated carbocycles. The zero-order chi connectivity index (χ0) is 13.8. The SMILES string of the molecule is CC1CCCC(CNCCC(C)(C)C)(N(C)C)C1. The van der Waals surface area contributed by atoms with Gasteiger partial charge in [0.05, 0.1) is 0 Å². The summed E-state index contributed by atoms with van der Waals surface area (Å²) in [7, 11) is 4.51. The third kappa shape index (κ3) is 4.89. The van der Waals surface area contributed by atoms with E-state index in [1.54, 1.807) is 0 Å². The molecule has 108 valence electrons. The lowest BCUT2D eigenvalue weighted by molar-refractivity contribution is 0.0746. The first-order valence-electron chi connectivity index (χ1n) is 7.63. The van der Waals surface area contributed by atoms with Crippen LogP contribution in [0.15, 0.2) is 0 Å². The minimum atomic E-state index is 0.398. The van der Waals surface area contributed by atoms with Crippen molar-refractivity contribution in [1.82, 2.24) is 10.2 Å². The average Bonchev–Trinajstić information content (AvgIpc) is 2.23. The Morgan fingerprint density at radius 3 is 2.44 bits per heavy atom. The van der Waals surface area contributed by atoms with Crippen molar-refractivity contribution in [2.75, 3.05) is 27.2 Å². The summed E-state index contributed by atoms with van der Waals surface area (Å²) in [5, 5.41) is 3.71.